The molecule has 30 heavy (non-hydrogen) atoms. The molecule has 2 amide bonds. The number of hydrogen-bond acceptors (Lipinski definition) is 6. The lowest BCUT2D eigenvalue weighted by atomic mass is 9.96. The quantitative estimate of drug-likeness (QED) is 0.615. The molecule has 0 aliphatic carbocycles. The number of aromatic nitrogens is 2. The minimum atomic E-state index is -0.104. The van der Waals surface area contributed by atoms with Crippen LogP contribution >= 0.6 is 22.7 Å². The van der Waals surface area contributed by atoms with Gasteiger partial charge in [-0.1, -0.05) is 54.7 Å². The first-order valence-electron chi connectivity index (χ1n) is 10.1. The molecule has 1 N–H and O–H groups in total. The second-order valence-corrected chi connectivity index (χ2v) is 9.56. The van der Waals surface area contributed by atoms with Gasteiger partial charge in [-0.3, -0.25) is 9.59 Å². The first-order valence-corrected chi connectivity index (χ1v) is 11.8. The molecule has 1 aliphatic heterocycles. The molecular formula is C22H24N4O2S2. The Kier molecular flexibility index (Phi) is 6.54. The highest BCUT2D eigenvalue weighted by Crippen LogP contribution is 2.26. The van der Waals surface area contributed by atoms with Gasteiger partial charge in [0.15, 0.2) is 0 Å². The van der Waals surface area contributed by atoms with Crippen LogP contribution in [-0.4, -0.2) is 40.0 Å². The average molecular weight is 441 g/mol. The van der Waals surface area contributed by atoms with E-state index in [1.165, 1.54) is 28.2 Å². The van der Waals surface area contributed by atoms with Crippen molar-refractivity contribution in [2.75, 3.05) is 18.4 Å². The number of anilines is 1. The van der Waals surface area contributed by atoms with Crippen molar-refractivity contribution in [3.05, 3.63) is 63.3 Å². The molecular weight excluding hydrogens is 416 g/mol. The lowest BCUT2D eigenvalue weighted by molar-refractivity contribution is -0.121. The van der Waals surface area contributed by atoms with E-state index in [1.807, 2.05) is 40.6 Å². The smallest absolute Gasteiger partial charge is 0.263 e. The van der Waals surface area contributed by atoms with Gasteiger partial charge in [-0.25, -0.2) is 0 Å². The van der Waals surface area contributed by atoms with Gasteiger partial charge in [-0.05, 0) is 35.8 Å². The van der Waals surface area contributed by atoms with Crippen molar-refractivity contribution in [3.63, 3.8) is 0 Å². The predicted molar refractivity (Wildman–Crippen MR) is 120 cm³/mol. The summed E-state index contributed by atoms with van der Waals surface area (Å²) in [6.07, 6.45) is 2.13. The Balaban J connectivity index is 1.27. The second-order valence-electron chi connectivity index (χ2n) is 7.55. The van der Waals surface area contributed by atoms with Crippen LogP contribution in [0.3, 0.4) is 0 Å². The number of piperidine rings is 1. The van der Waals surface area contributed by atoms with Crippen LogP contribution in [0.2, 0.25) is 0 Å². The second kappa shape index (κ2) is 9.49. The number of thiophene rings is 1. The summed E-state index contributed by atoms with van der Waals surface area (Å²) in [6, 6.07) is 14.0. The molecule has 8 heteroatoms. The van der Waals surface area contributed by atoms with E-state index < -0.39 is 0 Å². The van der Waals surface area contributed by atoms with E-state index in [1.54, 1.807) is 0 Å². The Labute approximate surface area is 184 Å². The number of benzene rings is 1. The molecule has 2 aromatic heterocycles. The normalized spacial score (nSPS) is 15.7. The molecule has 0 bridgehead atoms. The minimum Gasteiger partial charge on any atom is -0.338 e. The van der Waals surface area contributed by atoms with Gasteiger partial charge in [0.25, 0.3) is 5.91 Å². The number of likely N-dealkylation sites (tertiary alicyclic amines) is 1. The number of nitrogens with zero attached hydrogens (tertiary/aromatic N) is 3. The Bertz CT molecular complexity index is 980. The maximum Gasteiger partial charge on any atom is 0.263 e. The van der Waals surface area contributed by atoms with Crippen LogP contribution in [0, 0.1) is 5.92 Å². The van der Waals surface area contributed by atoms with E-state index in [0.29, 0.717) is 37.0 Å². The SMILES string of the molecule is CC(Cc1nnc(NC(=O)C2CCN(C(=O)c3cccs3)CC2)s1)c1ccccc1. The Hall–Kier alpha value is -2.58. The summed E-state index contributed by atoms with van der Waals surface area (Å²) in [6.45, 7) is 3.37. The van der Waals surface area contributed by atoms with Crippen molar-refractivity contribution in [2.45, 2.75) is 32.1 Å². The minimum absolute atomic E-state index is 0.0305. The van der Waals surface area contributed by atoms with E-state index in [-0.39, 0.29) is 17.7 Å². The van der Waals surface area contributed by atoms with Crippen molar-refractivity contribution >= 4 is 39.6 Å². The van der Waals surface area contributed by atoms with E-state index >= 15 is 0 Å². The van der Waals surface area contributed by atoms with Gasteiger partial charge >= 0.3 is 0 Å². The number of nitrogens with one attached hydrogen (secondary N) is 1. The third kappa shape index (κ3) is 4.94. The summed E-state index contributed by atoms with van der Waals surface area (Å²) < 4.78 is 0. The lowest BCUT2D eigenvalue weighted by Gasteiger charge is -2.30. The molecule has 3 heterocycles. The highest BCUT2D eigenvalue weighted by Gasteiger charge is 2.28. The third-order valence-corrected chi connectivity index (χ3v) is 7.15. The Morgan fingerprint density at radius 1 is 1.13 bits per heavy atom. The van der Waals surface area contributed by atoms with Crippen molar-refractivity contribution in [1.29, 1.82) is 0 Å². The molecule has 0 spiro atoms. The zero-order valence-electron chi connectivity index (χ0n) is 16.8. The van der Waals surface area contributed by atoms with Gasteiger partial charge in [0.1, 0.15) is 5.01 Å². The number of amides is 2. The summed E-state index contributed by atoms with van der Waals surface area (Å²) in [7, 11) is 0. The Morgan fingerprint density at radius 2 is 1.90 bits per heavy atom. The van der Waals surface area contributed by atoms with Gasteiger partial charge in [-0.15, -0.1) is 21.5 Å². The van der Waals surface area contributed by atoms with E-state index in [4.69, 9.17) is 0 Å². The summed E-state index contributed by atoms with van der Waals surface area (Å²) in [5, 5.41) is 14.7. The van der Waals surface area contributed by atoms with Crippen LogP contribution < -0.4 is 5.32 Å². The monoisotopic (exact) mass is 440 g/mol. The van der Waals surface area contributed by atoms with Gasteiger partial charge in [0, 0.05) is 25.4 Å². The molecule has 3 aromatic rings. The molecule has 4 rings (SSSR count). The zero-order chi connectivity index (χ0) is 20.9. The molecule has 1 aromatic carbocycles. The highest BCUT2D eigenvalue weighted by molar-refractivity contribution is 7.15. The van der Waals surface area contributed by atoms with Gasteiger partial charge < -0.3 is 10.2 Å². The van der Waals surface area contributed by atoms with Gasteiger partial charge in [0.05, 0.1) is 4.88 Å². The maximum atomic E-state index is 12.7. The van der Waals surface area contributed by atoms with E-state index in [2.05, 4.69) is 34.6 Å². The number of hydrogen-bond donors (Lipinski definition) is 1. The number of rotatable bonds is 6. The maximum absolute atomic E-state index is 12.7. The molecule has 0 radical (unpaired) electrons. The van der Waals surface area contributed by atoms with Crippen LogP contribution in [0.1, 0.15) is 45.9 Å². The first-order chi connectivity index (χ1) is 14.6. The standard InChI is InChI=1S/C22H24N4O2S2/c1-15(16-6-3-2-4-7-16)14-19-24-25-22(30-19)23-20(27)17-9-11-26(12-10-17)21(28)18-8-5-13-29-18/h2-8,13,15,17H,9-12,14H2,1H3,(H,23,25,27). The van der Waals surface area contributed by atoms with Crippen LogP contribution in [0.25, 0.3) is 0 Å². The molecule has 156 valence electrons. The van der Waals surface area contributed by atoms with Crippen LogP contribution in [0.15, 0.2) is 47.8 Å². The van der Waals surface area contributed by atoms with Crippen molar-refractivity contribution in [3.8, 4) is 0 Å². The van der Waals surface area contributed by atoms with Crippen LogP contribution in [-0.2, 0) is 11.2 Å². The van der Waals surface area contributed by atoms with Crippen molar-refractivity contribution in [2.24, 2.45) is 5.92 Å². The van der Waals surface area contributed by atoms with E-state index in [9.17, 15) is 9.59 Å². The fraction of sp³-hybridized carbons (Fsp3) is 0.364. The van der Waals surface area contributed by atoms with Gasteiger partial charge in [-0.2, -0.15) is 0 Å². The molecule has 1 unspecified atom stereocenters. The summed E-state index contributed by atoms with van der Waals surface area (Å²) in [5.74, 6) is 0.267. The molecule has 0 saturated carbocycles. The number of carbonyl (C=O) groups excluding carboxylic acids is 2. The fourth-order valence-electron chi connectivity index (χ4n) is 3.66. The molecule has 1 fully saturated rings. The van der Waals surface area contributed by atoms with Crippen LogP contribution in [0.5, 0.6) is 0 Å². The third-order valence-electron chi connectivity index (χ3n) is 5.43. The number of carbonyl (C=O) groups is 2. The summed E-state index contributed by atoms with van der Waals surface area (Å²) >= 11 is 2.89. The highest BCUT2D eigenvalue weighted by atomic mass is 32.1. The fourth-order valence-corrected chi connectivity index (χ4v) is 5.22. The van der Waals surface area contributed by atoms with Gasteiger partial charge in [0.2, 0.25) is 11.0 Å². The van der Waals surface area contributed by atoms with Crippen molar-refractivity contribution in [1.82, 2.24) is 15.1 Å². The van der Waals surface area contributed by atoms with Crippen LogP contribution in [0.4, 0.5) is 5.13 Å². The summed E-state index contributed by atoms with van der Waals surface area (Å²) in [4.78, 5) is 27.7. The zero-order valence-corrected chi connectivity index (χ0v) is 18.4. The van der Waals surface area contributed by atoms with Crippen molar-refractivity contribution < 1.29 is 9.59 Å². The Morgan fingerprint density at radius 3 is 2.60 bits per heavy atom. The topological polar surface area (TPSA) is 75.2 Å². The largest absolute Gasteiger partial charge is 0.338 e. The molecule has 6 nitrogen and oxygen atoms in total. The summed E-state index contributed by atoms with van der Waals surface area (Å²) in [5.41, 5.74) is 1.27. The predicted octanol–water partition coefficient (Wildman–Crippen LogP) is 4.44. The lowest BCUT2D eigenvalue weighted by Crippen LogP contribution is -2.41. The van der Waals surface area contributed by atoms with E-state index in [0.717, 1.165) is 16.3 Å². The molecule has 1 atom stereocenters. The molecule has 1 aliphatic rings. The first kappa shape index (κ1) is 20.7. The molecule has 1 saturated heterocycles. The average Bonchev–Trinajstić information content (AvgIpc) is 3.46.